The van der Waals surface area contributed by atoms with E-state index in [1.807, 2.05) is 5.20 Å². The Kier molecular flexibility index (Phi) is 3.68. The van der Waals surface area contributed by atoms with Crippen molar-refractivity contribution in [1.29, 1.82) is 0 Å². The van der Waals surface area contributed by atoms with Crippen molar-refractivity contribution in [1.82, 2.24) is 10.6 Å². The van der Waals surface area contributed by atoms with Crippen LogP contribution in [-0.4, -0.2) is 16.3 Å². The number of hydrogen-bond acceptors (Lipinski definition) is 2. The van der Waals surface area contributed by atoms with Crippen LogP contribution in [0.5, 0.6) is 0 Å². The van der Waals surface area contributed by atoms with Gasteiger partial charge >= 0.3 is 7.75 Å². The molecule has 1 rings (SSSR count). The Bertz CT molecular complexity index is 176. The Morgan fingerprint density at radius 1 is 1.33 bits per heavy atom. The average molecular weight is 194 g/mol. The average Bonchev–Trinajstić information content (AvgIpc) is 2.36. The van der Waals surface area contributed by atoms with Crippen LogP contribution >= 0.6 is 7.75 Å². The van der Waals surface area contributed by atoms with E-state index >= 15 is 0 Å². The first-order valence-electron chi connectivity index (χ1n) is 4.13. The number of rotatable bonds is 4. The van der Waals surface area contributed by atoms with Crippen LogP contribution < -0.4 is 10.6 Å². The fraction of sp³-hybridized carbons (Fsp3) is 1.00. The van der Waals surface area contributed by atoms with Crippen LogP contribution in [0.25, 0.3) is 0 Å². The molecule has 0 unspecified atom stereocenters. The summed E-state index contributed by atoms with van der Waals surface area (Å²) in [6, 6.07) is 0. The summed E-state index contributed by atoms with van der Waals surface area (Å²) in [5, 5.41) is 1.97. The molecule has 1 aliphatic carbocycles. The maximum absolute atomic E-state index is 10.3. The molecule has 0 amide bonds. The van der Waals surface area contributed by atoms with E-state index < -0.39 is 7.75 Å². The van der Waals surface area contributed by atoms with Crippen molar-refractivity contribution in [3.05, 3.63) is 0 Å². The molecule has 0 aliphatic heterocycles. The monoisotopic (exact) mass is 194 g/mol. The van der Waals surface area contributed by atoms with E-state index in [2.05, 4.69) is 5.43 Å². The van der Waals surface area contributed by atoms with E-state index in [1.54, 1.807) is 0 Å². The summed E-state index contributed by atoms with van der Waals surface area (Å²) < 4.78 is 10.3. The molecule has 4 N–H and O–H groups in total. The van der Waals surface area contributed by atoms with Gasteiger partial charge in [-0.15, -0.1) is 0 Å². The van der Waals surface area contributed by atoms with E-state index in [0.29, 0.717) is 12.5 Å². The Morgan fingerprint density at radius 2 is 1.92 bits per heavy atom. The third-order valence-corrected chi connectivity index (χ3v) is 2.54. The van der Waals surface area contributed by atoms with Crippen molar-refractivity contribution in [3.8, 4) is 0 Å². The lowest BCUT2D eigenvalue weighted by atomic mass is 10.1. The van der Waals surface area contributed by atoms with Gasteiger partial charge in [-0.25, -0.2) is 9.99 Å². The highest BCUT2D eigenvalue weighted by Crippen LogP contribution is 2.27. The van der Waals surface area contributed by atoms with Crippen LogP contribution in [0.15, 0.2) is 0 Å². The minimum absolute atomic E-state index is 0.573. The quantitative estimate of drug-likeness (QED) is 0.384. The van der Waals surface area contributed by atoms with Gasteiger partial charge in [-0.1, -0.05) is 12.8 Å². The molecule has 0 spiro atoms. The van der Waals surface area contributed by atoms with E-state index in [0.717, 1.165) is 12.8 Å². The molecule has 72 valence electrons. The van der Waals surface area contributed by atoms with Gasteiger partial charge in [-0.3, -0.25) is 0 Å². The summed E-state index contributed by atoms with van der Waals surface area (Å²) >= 11 is 0. The van der Waals surface area contributed by atoms with Crippen molar-refractivity contribution in [2.24, 2.45) is 5.92 Å². The molecule has 0 radical (unpaired) electrons. The molecule has 0 aromatic rings. The lowest BCUT2D eigenvalue weighted by molar-refractivity contribution is 0.339. The second kappa shape index (κ2) is 4.35. The maximum Gasteiger partial charge on any atom is 0.413 e. The summed E-state index contributed by atoms with van der Waals surface area (Å²) in [5.74, 6) is 0.573. The molecule has 0 heterocycles. The Hall–Kier alpha value is 0.0700. The van der Waals surface area contributed by atoms with Crippen LogP contribution in [0.3, 0.4) is 0 Å². The predicted molar refractivity (Wildman–Crippen MR) is 45.1 cm³/mol. The van der Waals surface area contributed by atoms with Crippen molar-refractivity contribution >= 4 is 7.75 Å². The van der Waals surface area contributed by atoms with Gasteiger partial charge in [0, 0.05) is 6.54 Å². The van der Waals surface area contributed by atoms with Crippen LogP contribution in [0, 0.1) is 5.92 Å². The third kappa shape index (κ3) is 4.18. The zero-order valence-electron chi connectivity index (χ0n) is 6.86. The Labute approximate surface area is 71.7 Å². The van der Waals surface area contributed by atoms with Gasteiger partial charge < -0.3 is 9.79 Å². The topological polar surface area (TPSA) is 81.6 Å². The molecular weight excluding hydrogens is 179 g/mol. The van der Waals surface area contributed by atoms with Crippen LogP contribution in [0.4, 0.5) is 0 Å². The second-order valence-corrected chi connectivity index (χ2v) is 4.50. The zero-order valence-corrected chi connectivity index (χ0v) is 7.76. The number of hydrogen-bond donors (Lipinski definition) is 4. The van der Waals surface area contributed by atoms with Crippen LogP contribution in [0.2, 0.25) is 0 Å². The number of nitrogens with one attached hydrogen (secondary N) is 2. The smallest absolute Gasteiger partial charge is 0.312 e. The van der Waals surface area contributed by atoms with Crippen LogP contribution in [0.1, 0.15) is 25.7 Å². The molecule has 0 saturated heterocycles. The summed E-state index contributed by atoms with van der Waals surface area (Å²) in [6.07, 6.45) is 4.80. The Morgan fingerprint density at radius 3 is 2.42 bits per heavy atom. The minimum Gasteiger partial charge on any atom is -0.312 e. The highest BCUT2D eigenvalue weighted by Gasteiger charge is 2.16. The fourth-order valence-electron chi connectivity index (χ4n) is 1.51. The van der Waals surface area contributed by atoms with Gasteiger partial charge in [0.05, 0.1) is 0 Å². The molecule has 0 atom stereocenters. The second-order valence-electron chi connectivity index (χ2n) is 3.19. The molecule has 0 aromatic heterocycles. The normalized spacial score (nSPS) is 20.2. The first kappa shape index (κ1) is 10.2. The molecule has 5 nitrogen and oxygen atoms in total. The third-order valence-electron chi connectivity index (χ3n) is 2.09. The van der Waals surface area contributed by atoms with Crippen molar-refractivity contribution < 1.29 is 14.4 Å². The largest absolute Gasteiger partial charge is 0.413 e. The van der Waals surface area contributed by atoms with E-state index in [9.17, 15) is 4.57 Å². The molecule has 1 fully saturated rings. The fourth-order valence-corrected chi connectivity index (χ4v) is 1.80. The van der Waals surface area contributed by atoms with E-state index in [4.69, 9.17) is 9.79 Å². The lowest BCUT2D eigenvalue weighted by Gasteiger charge is -2.11. The zero-order chi connectivity index (χ0) is 9.03. The lowest BCUT2D eigenvalue weighted by Crippen LogP contribution is -2.32. The van der Waals surface area contributed by atoms with Gasteiger partial charge in [0.25, 0.3) is 0 Å². The van der Waals surface area contributed by atoms with Crippen LogP contribution in [-0.2, 0) is 4.57 Å². The summed E-state index contributed by atoms with van der Waals surface area (Å²) in [4.78, 5) is 16.9. The Balaban J connectivity index is 2.05. The highest BCUT2D eigenvalue weighted by atomic mass is 31.2. The molecule has 0 aromatic carbocycles. The summed E-state index contributed by atoms with van der Waals surface area (Å²) in [7, 11) is -4.08. The van der Waals surface area contributed by atoms with Gasteiger partial charge in [0.2, 0.25) is 0 Å². The SMILES string of the molecule is O=P(O)(O)NNCC1CCCC1. The number of hydrazine groups is 1. The van der Waals surface area contributed by atoms with E-state index in [1.165, 1.54) is 12.8 Å². The standard InChI is InChI=1S/C6H15N2O3P/c9-12(10,11)8-7-5-6-3-1-2-4-6/h6-7H,1-5H2,(H3,8,9,10,11). The highest BCUT2D eigenvalue weighted by molar-refractivity contribution is 7.49. The molecule has 12 heavy (non-hydrogen) atoms. The molecular formula is C6H15N2O3P. The molecule has 0 bridgehead atoms. The summed E-state index contributed by atoms with van der Waals surface area (Å²) in [6.45, 7) is 0.644. The summed E-state index contributed by atoms with van der Waals surface area (Å²) in [5.41, 5.74) is 2.55. The maximum atomic E-state index is 10.3. The van der Waals surface area contributed by atoms with Crippen molar-refractivity contribution in [3.63, 3.8) is 0 Å². The van der Waals surface area contributed by atoms with Crippen molar-refractivity contribution in [2.45, 2.75) is 25.7 Å². The van der Waals surface area contributed by atoms with Gasteiger partial charge in [-0.05, 0) is 18.8 Å². The minimum atomic E-state index is -4.08. The first-order chi connectivity index (χ1) is 5.58. The molecule has 1 saturated carbocycles. The van der Waals surface area contributed by atoms with Gasteiger partial charge in [0.1, 0.15) is 0 Å². The van der Waals surface area contributed by atoms with Crippen molar-refractivity contribution in [2.75, 3.05) is 6.54 Å². The molecule has 1 aliphatic rings. The predicted octanol–water partition coefficient (Wildman–Crippen LogP) is 0.363. The van der Waals surface area contributed by atoms with E-state index in [-0.39, 0.29) is 0 Å². The molecule has 6 heteroatoms. The van der Waals surface area contributed by atoms with Gasteiger partial charge in [-0.2, -0.15) is 5.20 Å². The first-order valence-corrected chi connectivity index (χ1v) is 5.75. The van der Waals surface area contributed by atoms with Gasteiger partial charge in [0.15, 0.2) is 0 Å².